The molecule has 4 saturated carbocycles. The minimum atomic E-state index is 0.271. The Balaban J connectivity index is 1.76. The van der Waals surface area contributed by atoms with Crippen LogP contribution in [0.1, 0.15) is 38.5 Å². The average molecular weight is 263 g/mol. The minimum Gasteiger partial charge on any atom is -0.384 e. The molecule has 0 atom stereocenters. The molecule has 4 fully saturated rings. The number of nitrogens with zero attached hydrogens (tertiary/aromatic N) is 2. The summed E-state index contributed by atoms with van der Waals surface area (Å²) in [6.45, 7) is 0. The van der Waals surface area contributed by atoms with Crippen molar-refractivity contribution in [1.29, 1.82) is 0 Å². The Kier molecular flexibility index (Phi) is 2.30. The summed E-state index contributed by atoms with van der Waals surface area (Å²) in [6, 6.07) is 2.04. The van der Waals surface area contributed by atoms with Crippen LogP contribution in [-0.4, -0.2) is 16.0 Å². The van der Waals surface area contributed by atoms with E-state index in [1.807, 2.05) is 6.07 Å². The maximum absolute atomic E-state index is 6.23. The van der Waals surface area contributed by atoms with E-state index in [1.165, 1.54) is 38.5 Å². The molecule has 1 aromatic heterocycles. The Morgan fingerprint density at radius 3 is 2.22 bits per heavy atom. The summed E-state index contributed by atoms with van der Waals surface area (Å²) in [6.07, 6.45) is 10.4. The predicted octanol–water partition coefficient (Wildman–Crippen LogP) is 3.11. The first-order valence-corrected chi connectivity index (χ1v) is 8.31. The molecule has 0 aromatic carbocycles. The first kappa shape index (κ1) is 11.2. The monoisotopic (exact) mass is 263 g/mol. The molecule has 4 aliphatic rings. The number of nitrogens with two attached hydrogens (primary N) is 1. The lowest BCUT2D eigenvalue weighted by molar-refractivity contribution is -0.0486. The average Bonchev–Trinajstić information content (AvgIpc) is 2.69. The van der Waals surface area contributed by atoms with Crippen LogP contribution in [0.25, 0.3) is 0 Å². The second-order valence-corrected chi connectivity index (χ2v) is 7.49. The van der Waals surface area contributed by atoms with Gasteiger partial charge in [0.25, 0.3) is 0 Å². The molecule has 0 spiro atoms. The Hall–Kier alpha value is -0.640. The summed E-state index contributed by atoms with van der Waals surface area (Å²) in [5, 5.41) is 5.85. The highest BCUT2D eigenvalue weighted by atomic mass is 32.2. The van der Waals surface area contributed by atoms with Crippen molar-refractivity contribution in [3.05, 3.63) is 6.07 Å². The fraction of sp³-hybridized carbons (Fsp3) is 0.786. The number of aromatic nitrogens is 2. The molecule has 18 heavy (non-hydrogen) atoms. The van der Waals surface area contributed by atoms with Gasteiger partial charge < -0.3 is 5.73 Å². The van der Waals surface area contributed by atoms with E-state index in [-0.39, 0.29) is 5.54 Å². The van der Waals surface area contributed by atoms with E-state index in [9.17, 15) is 0 Å². The third kappa shape index (κ3) is 1.47. The van der Waals surface area contributed by atoms with Gasteiger partial charge in [0.15, 0.2) is 0 Å². The van der Waals surface area contributed by atoms with E-state index in [4.69, 9.17) is 10.8 Å². The third-order valence-corrected chi connectivity index (χ3v) is 6.00. The number of thioether (sulfide) groups is 1. The largest absolute Gasteiger partial charge is 0.384 e. The third-order valence-electron chi connectivity index (χ3n) is 5.38. The van der Waals surface area contributed by atoms with E-state index in [2.05, 4.69) is 10.9 Å². The van der Waals surface area contributed by atoms with Crippen LogP contribution in [-0.2, 0) is 5.54 Å². The van der Waals surface area contributed by atoms with Gasteiger partial charge in [-0.3, -0.25) is 0 Å². The van der Waals surface area contributed by atoms with Gasteiger partial charge in [0.05, 0.1) is 5.54 Å². The molecule has 1 heterocycles. The first-order valence-electron chi connectivity index (χ1n) is 7.08. The standard InChI is InChI=1S/C14H21N3S/c1-18-13-5-12(15)17(16-13)14-6-9-2-10(7-14)4-11(3-9)8-14/h5,9-11H,2-4,6-8,15H2,1H3. The van der Waals surface area contributed by atoms with Gasteiger partial charge in [0.1, 0.15) is 10.8 Å². The summed E-state index contributed by atoms with van der Waals surface area (Å²) in [5.41, 5.74) is 6.50. The maximum atomic E-state index is 6.23. The summed E-state index contributed by atoms with van der Waals surface area (Å²) in [4.78, 5) is 0. The van der Waals surface area contributed by atoms with Gasteiger partial charge in [-0.25, -0.2) is 4.68 Å². The molecule has 0 saturated heterocycles. The smallest absolute Gasteiger partial charge is 0.123 e. The molecular weight excluding hydrogens is 242 g/mol. The Bertz CT molecular complexity index is 444. The van der Waals surface area contributed by atoms with Crippen molar-refractivity contribution in [3.8, 4) is 0 Å². The van der Waals surface area contributed by atoms with Crippen molar-refractivity contribution in [2.45, 2.75) is 49.1 Å². The fourth-order valence-electron chi connectivity index (χ4n) is 5.18. The van der Waals surface area contributed by atoms with Crippen molar-refractivity contribution in [3.63, 3.8) is 0 Å². The highest BCUT2D eigenvalue weighted by Gasteiger charge is 2.52. The first-order chi connectivity index (χ1) is 8.68. The van der Waals surface area contributed by atoms with Crippen molar-refractivity contribution in [2.24, 2.45) is 17.8 Å². The van der Waals surface area contributed by atoms with Gasteiger partial charge in [0, 0.05) is 6.07 Å². The minimum absolute atomic E-state index is 0.271. The second-order valence-electron chi connectivity index (χ2n) is 6.67. The van der Waals surface area contributed by atoms with E-state index in [0.717, 1.165) is 28.6 Å². The zero-order valence-electron chi connectivity index (χ0n) is 10.9. The lowest BCUT2D eigenvalue weighted by Gasteiger charge is -2.56. The van der Waals surface area contributed by atoms with Crippen LogP contribution in [0, 0.1) is 17.8 Å². The topological polar surface area (TPSA) is 43.8 Å². The van der Waals surface area contributed by atoms with Gasteiger partial charge >= 0.3 is 0 Å². The SMILES string of the molecule is CSc1cc(N)n(C23CC4CC(CC(C4)C2)C3)n1. The number of hydrogen-bond acceptors (Lipinski definition) is 3. The molecule has 3 nitrogen and oxygen atoms in total. The maximum Gasteiger partial charge on any atom is 0.123 e. The number of nitrogen functional groups attached to an aromatic ring is 1. The normalized spacial score (nSPS) is 41.5. The van der Waals surface area contributed by atoms with Gasteiger partial charge in [-0.05, 0) is 62.5 Å². The van der Waals surface area contributed by atoms with Crippen LogP contribution in [0.15, 0.2) is 11.1 Å². The summed E-state index contributed by atoms with van der Waals surface area (Å²) >= 11 is 1.70. The van der Waals surface area contributed by atoms with Crippen LogP contribution in [0.4, 0.5) is 5.82 Å². The van der Waals surface area contributed by atoms with E-state index < -0.39 is 0 Å². The summed E-state index contributed by atoms with van der Waals surface area (Å²) in [5.74, 6) is 3.70. The molecule has 5 rings (SSSR count). The quantitative estimate of drug-likeness (QED) is 0.834. The highest BCUT2D eigenvalue weighted by Crippen LogP contribution is 2.59. The van der Waals surface area contributed by atoms with Crippen LogP contribution in [0.2, 0.25) is 0 Å². The molecule has 4 aliphatic carbocycles. The van der Waals surface area contributed by atoms with Crippen LogP contribution < -0.4 is 5.73 Å². The molecular formula is C14H21N3S. The predicted molar refractivity (Wildman–Crippen MR) is 74.6 cm³/mol. The van der Waals surface area contributed by atoms with E-state index in [0.29, 0.717) is 0 Å². The van der Waals surface area contributed by atoms with Gasteiger partial charge in [0.2, 0.25) is 0 Å². The van der Waals surface area contributed by atoms with Gasteiger partial charge in [-0.1, -0.05) is 0 Å². The van der Waals surface area contributed by atoms with Crippen LogP contribution in [0.5, 0.6) is 0 Å². The molecule has 2 N–H and O–H groups in total. The Morgan fingerprint density at radius 1 is 1.22 bits per heavy atom. The summed E-state index contributed by atoms with van der Waals surface area (Å²) in [7, 11) is 0. The molecule has 1 aromatic rings. The van der Waals surface area contributed by atoms with Crippen molar-refractivity contribution in [2.75, 3.05) is 12.0 Å². The van der Waals surface area contributed by atoms with Crippen LogP contribution >= 0.6 is 11.8 Å². The number of hydrogen-bond donors (Lipinski definition) is 1. The number of rotatable bonds is 2. The number of anilines is 1. The Labute approximate surface area is 112 Å². The zero-order valence-corrected chi connectivity index (χ0v) is 11.7. The lowest BCUT2D eigenvalue weighted by atomic mass is 9.53. The van der Waals surface area contributed by atoms with E-state index >= 15 is 0 Å². The van der Waals surface area contributed by atoms with Crippen molar-refractivity contribution in [1.82, 2.24) is 9.78 Å². The fourth-order valence-corrected chi connectivity index (χ4v) is 5.58. The second kappa shape index (κ2) is 3.69. The van der Waals surface area contributed by atoms with Crippen molar-refractivity contribution >= 4 is 17.6 Å². The molecule has 4 bridgehead atoms. The molecule has 0 radical (unpaired) electrons. The highest BCUT2D eigenvalue weighted by molar-refractivity contribution is 7.98. The van der Waals surface area contributed by atoms with Crippen LogP contribution in [0.3, 0.4) is 0 Å². The van der Waals surface area contributed by atoms with E-state index in [1.54, 1.807) is 11.8 Å². The molecule has 0 unspecified atom stereocenters. The van der Waals surface area contributed by atoms with Gasteiger partial charge in [-0.15, -0.1) is 11.8 Å². The molecule has 0 aliphatic heterocycles. The zero-order chi connectivity index (χ0) is 12.3. The summed E-state index contributed by atoms with van der Waals surface area (Å²) < 4.78 is 2.20. The molecule has 98 valence electrons. The molecule has 4 heteroatoms. The lowest BCUT2D eigenvalue weighted by Crippen LogP contribution is -2.52. The Morgan fingerprint density at radius 2 is 1.78 bits per heavy atom. The van der Waals surface area contributed by atoms with Crippen molar-refractivity contribution < 1.29 is 0 Å². The molecule has 0 amide bonds. The van der Waals surface area contributed by atoms with Gasteiger partial charge in [-0.2, -0.15) is 5.10 Å².